The van der Waals surface area contributed by atoms with Crippen LogP contribution in [-0.4, -0.2) is 24.6 Å². The average molecular weight is 489 g/mol. The zero-order chi connectivity index (χ0) is 24.1. The number of rotatable bonds is 7. The fourth-order valence-corrected chi connectivity index (χ4v) is 9.85. The van der Waals surface area contributed by atoms with Crippen LogP contribution < -0.4 is 21.2 Å². The highest BCUT2D eigenvalue weighted by molar-refractivity contribution is 7.96. The maximum atomic E-state index is 14.0. The quantitative estimate of drug-likeness (QED) is 0.289. The molecule has 1 aromatic heterocycles. The van der Waals surface area contributed by atoms with Gasteiger partial charge in [0.05, 0.1) is 12.8 Å². The van der Waals surface area contributed by atoms with Crippen LogP contribution in [0, 0.1) is 6.92 Å². The SMILES string of the molecule is COC(=O)c1scc(C)c1NC(=O)C(C)[P+](c1ccccc1)(c1ccccc1)c1ccccc1. The molecule has 0 aliphatic carbocycles. The van der Waals surface area contributed by atoms with E-state index < -0.39 is 18.9 Å². The van der Waals surface area contributed by atoms with Gasteiger partial charge in [0.2, 0.25) is 0 Å². The average Bonchev–Trinajstić information content (AvgIpc) is 3.25. The summed E-state index contributed by atoms with van der Waals surface area (Å²) in [5.74, 6) is -0.576. The van der Waals surface area contributed by atoms with Crippen molar-refractivity contribution in [2.45, 2.75) is 19.5 Å². The Bertz CT molecular complexity index is 1180. The molecule has 3 aromatic carbocycles. The molecular formula is C28H27NO3PS+. The van der Waals surface area contributed by atoms with Gasteiger partial charge in [-0.3, -0.25) is 4.79 Å². The molecule has 0 spiro atoms. The van der Waals surface area contributed by atoms with Crippen molar-refractivity contribution in [2.24, 2.45) is 0 Å². The molecule has 4 rings (SSSR count). The van der Waals surface area contributed by atoms with E-state index in [9.17, 15) is 9.59 Å². The van der Waals surface area contributed by atoms with Crippen molar-refractivity contribution in [3.05, 3.63) is 107 Å². The van der Waals surface area contributed by atoms with Gasteiger partial charge in [0.25, 0.3) is 5.91 Å². The highest BCUT2D eigenvalue weighted by Gasteiger charge is 2.53. The molecule has 0 saturated carbocycles. The van der Waals surface area contributed by atoms with Gasteiger partial charge in [0.1, 0.15) is 28.1 Å². The van der Waals surface area contributed by atoms with Crippen LogP contribution in [0.3, 0.4) is 0 Å². The molecule has 4 nitrogen and oxygen atoms in total. The number of thiophene rings is 1. The number of nitrogens with one attached hydrogen (secondary N) is 1. The number of methoxy groups -OCH3 is 1. The van der Waals surface area contributed by atoms with Crippen LogP contribution >= 0.6 is 18.6 Å². The zero-order valence-electron chi connectivity index (χ0n) is 19.4. The van der Waals surface area contributed by atoms with Gasteiger partial charge in [0, 0.05) is 0 Å². The van der Waals surface area contributed by atoms with Crippen LogP contribution in [0.5, 0.6) is 0 Å². The first-order valence-electron chi connectivity index (χ1n) is 11.0. The van der Waals surface area contributed by atoms with E-state index in [1.807, 2.05) is 73.8 Å². The number of benzene rings is 3. The minimum Gasteiger partial charge on any atom is -0.465 e. The van der Waals surface area contributed by atoms with Gasteiger partial charge in [-0.2, -0.15) is 0 Å². The lowest BCUT2D eigenvalue weighted by atomic mass is 10.2. The van der Waals surface area contributed by atoms with Gasteiger partial charge in [0.15, 0.2) is 5.66 Å². The monoisotopic (exact) mass is 488 g/mol. The second-order valence-electron chi connectivity index (χ2n) is 8.01. The summed E-state index contributed by atoms with van der Waals surface area (Å²) in [6, 6.07) is 30.9. The Labute approximate surface area is 205 Å². The first-order valence-corrected chi connectivity index (χ1v) is 13.8. The number of carbonyl (C=O) groups excluding carboxylic acids is 2. The summed E-state index contributed by atoms with van der Waals surface area (Å²) < 4.78 is 4.93. The van der Waals surface area contributed by atoms with Gasteiger partial charge >= 0.3 is 5.97 Å². The van der Waals surface area contributed by atoms with Crippen molar-refractivity contribution in [3.63, 3.8) is 0 Å². The van der Waals surface area contributed by atoms with Crippen molar-refractivity contribution in [3.8, 4) is 0 Å². The van der Waals surface area contributed by atoms with Crippen molar-refractivity contribution in [2.75, 3.05) is 12.4 Å². The fraction of sp³-hybridized carbons (Fsp3) is 0.143. The molecule has 1 unspecified atom stereocenters. The fourth-order valence-electron chi connectivity index (χ4n) is 4.35. The first-order chi connectivity index (χ1) is 16.5. The van der Waals surface area contributed by atoms with E-state index in [4.69, 9.17) is 4.74 Å². The normalized spacial score (nSPS) is 12.1. The highest BCUT2D eigenvalue weighted by Crippen LogP contribution is 2.59. The Kier molecular flexibility index (Phi) is 7.26. The maximum absolute atomic E-state index is 14.0. The second-order valence-corrected chi connectivity index (χ2v) is 12.7. The predicted molar refractivity (Wildman–Crippen MR) is 144 cm³/mol. The van der Waals surface area contributed by atoms with Gasteiger partial charge in [-0.1, -0.05) is 54.6 Å². The first kappa shape index (κ1) is 23.9. The summed E-state index contributed by atoms with van der Waals surface area (Å²) in [6.45, 7) is 3.88. The number of carbonyl (C=O) groups is 2. The van der Waals surface area contributed by atoms with Gasteiger partial charge in [-0.05, 0) is 61.2 Å². The minimum absolute atomic E-state index is 0.128. The van der Waals surface area contributed by atoms with Crippen LogP contribution in [0.25, 0.3) is 0 Å². The smallest absolute Gasteiger partial charge is 0.350 e. The molecule has 0 radical (unpaired) electrons. The van der Waals surface area contributed by atoms with E-state index >= 15 is 0 Å². The molecule has 172 valence electrons. The van der Waals surface area contributed by atoms with E-state index in [-0.39, 0.29) is 5.91 Å². The number of hydrogen-bond acceptors (Lipinski definition) is 4. The zero-order valence-corrected chi connectivity index (χ0v) is 21.1. The molecule has 34 heavy (non-hydrogen) atoms. The number of anilines is 1. The molecule has 0 bridgehead atoms. The summed E-state index contributed by atoms with van der Waals surface area (Å²) in [5.41, 5.74) is 0.972. The molecule has 0 aliphatic rings. The largest absolute Gasteiger partial charge is 0.465 e. The van der Waals surface area contributed by atoms with E-state index in [0.717, 1.165) is 21.5 Å². The van der Waals surface area contributed by atoms with Crippen molar-refractivity contribution >= 4 is 52.1 Å². The lowest BCUT2D eigenvalue weighted by Crippen LogP contribution is -2.43. The molecule has 1 heterocycles. The second kappa shape index (κ2) is 10.3. The van der Waals surface area contributed by atoms with Gasteiger partial charge in [-0.15, -0.1) is 11.3 Å². The van der Waals surface area contributed by atoms with E-state index in [1.54, 1.807) is 0 Å². The van der Waals surface area contributed by atoms with Crippen molar-refractivity contribution < 1.29 is 14.3 Å². The third kappa shape index (κ3) is 4.29. The van der Waals surface area contributed by atoms with Crippen LogP contribution in [0.1, 0.15) is 22.2 Å². The van der Waals surface area contributed by atoms with E-state index in [0.29, 0.717) is 10.6 Å². The summed E-state index contributed by atoms with van der Waals surface area (Å²) in [4.78, 5) is 26.7. The molecule has 1 amide bonds. The van der Waals surface area contributed by atoms with Crippen molar-refractivity contribution in [1.29, 1.82) is 0 Å². The minimum atomic E-state index is -2.40. The topological polar surface area (TPSA) is 55.4 Å². The van der Waals surface area contributed by atoms with E-state index in [2.05, 4.69) is 41.7 Å². The van der Waals surface area contributed by atoms with Crippen LogP contribution in [0.2, 0.25) is 0 Å². The van der Waals surface area contributed by atoms with Crippen LogP contribution in [-0.2, 0) is 9.53 Å². The lowest BCUT2D eigenvalue weighted by Gasteiger charge is -2.32. The molecule has 0 saturated heterocycles. The Morgan fingerprint density at radius 1 is 0.824 bits per heavy atom. The standard InChI is InChI=1S/C28H26NO3PS/c1-20-19-34-26(28(31)32-3)25(20)29-27(30)21(2)33(22-13-7-4-8-14-22,23-15-9-5-10-16-23)24-17-11-6-12-18-24/h4-19,21H,1-3H3/p+1. The Balaban J connectivity index is 1.89. The van der Waals surface area contributed by atoms with Gasteiger partial charge < -0.3 is 10.1 Å². The number of esters is 1. The summed E-state index contributed by atoms with van der Waals surface area (Å²) in [7, 11) is -1.05. The van der Waals surface area contributed by atoms with Gasteiger partial charge in [-0.25, -0.2) is 4.79 Å². The number of amides is 1. The molecule has 1 atom stereocenters. The maximum Gasteiger partial charge on any atom is 0.350 e. The summed E-state index contributed by atoms with van der Waals surface area (Å²) in [5, 5.41) is 8.34. The highest BCUT2D eigenvalue weighted by atomic mass is 32.1. The van der Waals surface area contributed by atoms with Crippen LogP contribution in [0.4, 0.5) is 5.69 Å². The summed E-state index contributed by atoms with van der Waals surface area (Å²) >= 11 is 1.28. The molecule has 0 aliphatic heterocycles. The van der Waals surface area contributed by atoms with E-state index in [1.165, 1.54) is 18.4 Å². The molecular weight excluding hydrogens is 461 g/mol. The predicted octanol–water partition coefficient (Wildman–Crippen LogP) is 5.16. The molecule has 0 fully saturated rings. The lowest BCUT2D eigenvalue weighted by molar-refractivity contribution is -0.115. The number of hydrogen-bond donors (Lipinski definition) is 1. The Hall–Kier alpha value is -3.27. The summed E-state index contributed by atoms with van der Waals surface area (Å²) in [6.07, 6.45) is 0. The Morgan fingerprint density at radius 3 is 1.68 bits per heavy atom. The molecule has 6 heteroatoms. The third-order valence-corrected chi connectivity index (χ3v) is 11.9. The number of aryl methyl sites for hydroxylation is 1. The number of ether oxygens (including phenoxy) is 1. The molecule has 1 N–H and O–H groups in total. The Morgan fingerprint density at radius 2 is 1.26 bits per heavy atom. The third-order valence-electron chi connectivity index (χ3n) is 6.04. The van der Waals surface area contributed by atoms with Crippen molar-refractivity contribution in [1.82, 2.24) is 0 Å². The molecule has 4 aromatic rings. The van der Waals surface area contributed by atoms with Crippen LogP contribution in [0.15, 0.2) is 96.4 Å².